The van der Waals surface area contributed by atoms with Crippen molar-refractivity contribution < 1.29 is 37.1 Å². The number of piperidine rings is 1. The summed E-state index contributed by atoms with van der Waals surface area (Å²) in [4.78, 5) is 49.3. The molecule has 14 N–H and O–H groups in total. The fourth-order valence-corrected chi connectivity index (χ4v) is 13.8. The highest BCUT2D eigenvalue weighted by Gasteiger charge is 2.21. The van der Waals surface area contributed by atoms with Gasteiger partial charge in [-0.05, 0) is 209 Å². The first kappa shape index (κ1) is 134. The Morgan fingerprint density at radius 3 is 1.47 bits per heavy atom. The molecule has 2 aromatic rings. The number of morpholine rings is 1. The van der Waals surface area contributed by atoms with Gasteiger partial charge in [0, 0.05) is 177 Å². The number of hydrogen-bond acceptors (Lipinski definition) is 31. The van der Waals surface area contributed by atoms with Crippen LogP contribution >= 0.6 is 11.3 Å². The number of ether oxygens (including phenoxy) is 5. The van der Waals surface area contributed by atoms with Gasteiger partial charge in [-0.15, -0.1) is 11.3 Å². The Hall–Kier alpha value is -7.67. The number of likely N-dealkylation sites (tertiary alicyclic amines) is 2. The van der Waals surface area contributed by atoms with Gasteiger partial charge < -0.3 is 103 Å². The molecule has 7 aliphatic heterocycles. The van der Waals surface area contributed by atoms with Crippen LogP contribution in [0.1, 0.15) is 214 Å². The molecule has 0 saturated carbocycles. The molecule has 9 rings (SSSR count). The summed E-state index contributed by atoms with van der Waals surface area (Å²) in [6.45, 7) is 51.2. The number of benzene rings is 1. The highest BCUT2D eigenvalue weighted by Crippen LogP contribution is 2.12. The molecule has 36 nitrogen and oxygen atoms in total. The summed E-state index contributed by atoms with van der Waals surface area (Å²) in [5, 5.41) is 58.0. The van der Waals surface area contributed by atoms with Gasteiger partial charge in [0.25, 0.3) is 5.96 Å². The van der Waals surface area contributed by atoms with Crippen molar-refractivity contribution >= 4 is 68.0 Å². The summed E-state index contributed by atoms with van der Waals surface area (Å²) >= 11 is 1.78. The van der Waals surface area contributed by atoms with Crippen LogP contribution in [0.4, 0.5) is 0 Å². The van der Waals surface area contributed by atoms with Gasteiger partial charge >= 0.3 is 0 Å². The van der Waals surface area contributed by atoms with Crippen LogP contribution in [0, 0.1) is 52.3 Å². The Balaban J connectivity index is -0.000000443. The van der Waals surface area contributed by atoms with Crippen LogP contribution < -0.4 is 54.4 Å². The second kappa shape index (κ2) is 103. The maximum Gasteiger partial charge on any atom is 0.266 e. The zero-order valence-corrected chi connectivity index (χ0v) is 88.2. The molecule has 38 heteroatoms. The van der Waals surface area contributed by atoms with Crippen molar-refractivity contribution in [1.29, 1.82) is 15.9 Å². The van der Waals surface area contributed by atoms with E-state index >= 15 is 0 Å². The summed E-state index contributed by atoms with van der Waals surface area (Å²) in [7, 11) is 13.8. The Bertz CT molecular complexity index is 3230. The molecule has 0 aliphatic carbocycles. The van der Waals surface area contributed by atoms with Crippen molar-refractivity contribution in [2.75, 3.05) is 278 Å². The minimum atomic E-state index is -2.68. The SMILES string of the molecule is CCCCCC(C)=NC#N.CCCCN1CCCC1.CCCCN1CCCCC1.CCCCN1CCOCC1.CCCCN1CCS(=O)(=O)CC1.CNCCN(C)C1=NCCC1.CNCCN(C)C1=NCCN1.CNCCNC1=NCCN1.COCCCC(=N)N.COCCCC(C)=NC#N.COCCN/C(N)=N/[N+](=O)[O-].COCCN=C(C)N.Cc1ccccc1.Cc1cccs1. The quantitative estimate of drug-likeness (QED) is 0.00737. The number of aryl methyl sites for hydroxylation is 2. The smallest absolute Gasteiger partial charge is 0.266 e. The average molecular weight is 1920 g/mol. The number of amidine groups is 3. The number of nitriles is 2. The van der Waals surface area contributed by atoms with E-state index < -0.39 is 14.9 Å². The van der Waals surface area contributed by atoms with E-state index in [0.717, 1.165) is 180 Å². The molecule has 133 heavy (non-hydrogen) atoms. The number of nitrogens with zero attached hydrogens (tertiary/aromatic N) is 16. The van der Waals surface area contributed by atoms with Gasteiger partial charge in [0.1, 0.15) is 5.10 Å². The molecule has 0 amide bonds. The van der Waals surface area contributed by atoms with Crippen LogP contribution in [0.25, 0.3) is 0 Å². The molecule has 1 aromatic heterocycles. The number of rotatable bonds is 40. The summed E-state index contributed by atoms with van der Waals surface area (Å²) in [5.41, 5.74) is 18.5. The Kier molecular flexibility index (Phi) is 104. The first-order chi connectivity index (χ1) is 64.2. The minimum absolute atomic E-state index is 0.216. The minimum Gasteiger partial charge on any atom is -0.388 e. The van der Waals surface area contributed by atoms with Gasteiger partial charge in [-0.3, -0.25) is 30.3 Å². The van der Waals surface area contributed by atoms with E-state index in [1.165, 1.54) is 178 Å². The second-order valence-electron chi connectivity index (χ2n) is 32.2. The van der Waals surface area contributed by atoms with Gasteiger partial charge in [0.2, 0.25) is 12.4 Å². The van der Waals surface area contributed by atoms with Crippen molar-refractivity contribution in [3.8, 4) is 12.4 Å². The summed E-state index contributed by atoms with van der Waals surface area (Å²) in [5.74, 6) is 4.60. The number of hydrazone groups is 1. The third kappa shape index (κ3) is 102. The van der Waals surface area contributed by atoms with Crippen LogP contribution in [0.15, 0.2) is 82.9 Å². The van der Waals surface area contributed by atoms with E-state index in [-0.39, 0.29) is 11.8 Å². The van der Waals surface area contributed by atoms with Crippen LogP contribution in [-0.4, -0.2) is 368 Å². The van der Waals surface area contributed by atoms with Gasteiger partial charge in [0.05, 0.1) is 75.1 Å². The molecule has 0 spiro atoms. The standard InChI is InChI=1S/C9H19N.C8H17N3.C8H14N2.C8H17NO2S.C8H17NO.C8H17N.C7H16N4.C7H12N2O.C7H8.C6H14N4.2C5H12N2O.C5H6S.C4H10N4O3/c1-2-3-7-10-8-5-4-6-9-10;1-9-6-7-11(2)8-4-3-5-10-8;1-3-4-5-6-8(2)10-7-9;1-2-3-4-9-5-7-12(10,11)8-6-9;1-2-3-4-9-5-7-10-8-6-9;1-2-3-6-9-7-4-5-8-9;1-8-5-6-11(2)7-9-3-4-10-7;1-7(9-6-8)4-3-5-10-2;1-7-5-3-2-4-6-7;1-7-2-3-8-6-9-4-5-10-6;1-5(6)7-3-4-8-2;1-8-4-2-3-5(6)7;1-5-3-2-4-6-5;1-11-3-2-6-4(5)7-8(9)10/h2-9H2,1H3;9H,3-7H2,1-2H3;3-6H2,1-2H3;2-8H2,1H3;2-8H2,1H3;2-8H2,1H3;8H,3-6H2,1-2H3,(H,9,10);3-5H2,1-2H3;2-6H,1H3;7H,2-5H2,1H3,(H2,8,9,10);3-4H2,1-2H3,(H2,6,7);2-4H2,1H3,(H3,6,7);2-4H,1H3;2-3H2,1H3,(H3,5,6,7). The molecule has 8 heterocycles. The summed E-state index contributed by atoms with van der Waals surface area (Å²) in [6, 6.07) is 14.4. The number of thiophene rings is 1. The molecular weight excluding hydrogens is 1730 g/mol. The monoisotopic (exact) mass is 1920 g/mol. The number of methoxy groups -OCH3 is 4. The topological polar surface area (TPSA) is 463 Å². The molecule has 772 valence electrons. The first-order valence-electron chi connectivity index (χ1n) is 48.7. The highest BCUT2D eigenvalue weighted by molar-refractivity contribution is 7.91. The zero-order valence-electron chi connectivity index (χ0n) is 86.6. The summed E-state index contributed by atoms with van der Waals surface area (Å²) in [6.07, 6.45) is 31.5. The van der Waals surface area contributed by atoms with Gasteiger partial charge in [-0.1, -0.05) is 122 Å². The zero-order chi connectivity index (χ0) is 100. The van der Waals surface area contributed by atoms with Gasteiger partial charge in [0.15, 0.2) is 26.8 Å². The summed E-state index contributed by atoms with van der Waals surface area (Å²) < 4.78 is 46.3. The number of nitro groups is 1. The Labute approximate surface area is 811 Å². The fraction of sp³-hybridized carbons (Fsp3) is 0.789. The van der Waals surface area contributed by atoms with Crippen molar-refractivity contribution in [3.05, 3.63) is 68.4 Å². The number of unbranched alkanes of at least 4 members (excludes halogenated alkanes) is 6. The van der Waals surface area contributed by atoms with Crippen molar-refractivity contribution in [2.45, 2.75) is 217 Å². The number of sulfone groups is 1. The highest BCUT2D eigenvalue weighted by atomic mass is 32.2. The number of hydrogen-bond donors (Lipinski definition) is 11. The molecule has 1 aromatic carbocycles. The molecule has 4 saturated heterocycles. The van der Waals surface area contributed by atoms with Crippen LogP contribution in [0.3, 0.4) is 0 Å². The molecule has 0 bridgehead atoms. The lowest BCUT2D eigenvalue weighted by atomic mass is 10.1. The largest absolute Gasteiger partial charge is 0.388 e. The maximum absolute atomic E-state index is 11.0. The first-order valence-corrected chi connectivity index (χ1v) is 51.4. The predicted molar refractivity (Wildman–Crippen MR) is 564 cm³/mol. The van der Waals surface area contributed by atoms with Crippen LogP contribution in [-0.2, 0) is 33.5 Å². The third-order valence-corrected chi connectivity index (χ3v) is 22.3. The normalized spacial score (nSPS) is 15.5. The fourth-order valence-electron chi connectivity index (χ4n) is 12.0. The maximum atomic E-state index is 11.0. The number of likely N-dealkylation sites (N-methyl/N-ethyl adjacent to an activating group) is 5. The third-order valence-electron chi connectivity index (χ3n) is 19.9. The lowest BCUT2D eigenvalue weighted by Gasteiger charge is -2.26. The van der Waals surface area contributed by atoms with E-state index in [4.69, 9.17) is 52.1 Å². The van der Waals surface area contributed by atoms with E-state index in [1.54, 1.807) is 52.0 Å². The van der Waals surface area contributed by atoms with Crippen molar-refractivity contribution in [1.82, 2.24) is 66.6 Å². The van der Waals surface area contributed by atoms with Gasteiger partial charge in [-0.25, -0.2) is 18.5 Å². The lowest BCUT2D eigenvalue weighted by molar-refractivity contribution is -0.485. The molecule has 0 radical (unpaired) electrons. The molecule has 7 aliphatic rings. The van der Waals surface area contributed by atoms with E-state index in [2.05, 4.69) is 199 Å². The number of aliphatic imine (C=N–C) groups is 6. The Morgan fingerprint density at radius 1 is 0.586 bits per heavy atom. The van der Waals surface area contributed by atoms with Crippen molar-refractivity contribution in [2.24, 2.45) is 52.3 Å². The Morgan fingerprint density at radius 2 is 1.07 bits per heavy atom. The number of nitrogens with one attached hydrogen (secondary N) is 8. The average Bonchev–Trinajstić information content (AvgIpc) is 1.85. The van der Waals surface area contributed by atoms with Crippen LogP contribution in [0.2, 0.25) is 0 Å². The van der Waals surface area contributed by atoms with E-state index in [1.807, 2.05) is 53.2 Å². The van der Waals surface area contributed by atoms with Crippen molar-refractivity contribution in [3.63, 3.8) is 0 Å². The molecular formula is C95H191N27O9S2. The lowest BCUT2D eigenvalue weighted by Crippen LogP contribution is -2.40. The molecule has 0 unspecified atom stereocenters. The van der Waals surface area contributed by atoms with E-state index in [0.29, 0.717) is 56.7 Å². The van der Waals surface area contributed by atoms with E-state index in [9.17, 15) is 18.5 Å². The van der Waals surface area contributed by atoms with Crippen LogP contribution in [0.5, 0.6) is 0 Å². The second-order valence-corrected chi connectivity index (χ2v) is 35.6. The number of guanidine groups is 3. The number of nitrogens with two attached hydrogens (primary N) is 3. The predicted octanol–water partition coefficient (Wildman–Crippen LogP) is 11.0. The molecule has 4 fully saturated rings. The van der Waals surface area contributed by atoms with Gasteiger partial charge in [-0.2, -0.15) is 20.5 Å². The molecule has 0 atom stereocenters.